The first-order valence-corrected chi connectivity index (χ1v) is 7.60. The van der Waals surface area contributed by atoms with Crippen molar-refractivity contribution < 1.29 is 14.3 Å². The third kappa shape index (κ3) is 8.22. The molecule has 0 bridgehead atoms. The first-order valence-electron chi connectivity index (χ1n) is 7.60. The van der Waals surface area contributed by atoms with E-state index in [1.807, 2.05) is 13.8 Å². The van der Waals surface area contributed by atoms with Gasteiger partial charge in [0, 0.05) is 13.2 Å². The van der Waals surface area contributed by atoms with Crippen molar-refractivity contribution in [3.05, 3.63) is 0 Å². The van der Waals surface area contributed by atoms with Crippen LogP contribution in [-0.2, 0) is 14.3 Å². The topological polar surface area (TPSA) is 47.6 Å². The average Bonchev–Trinajstić information content (AvgIpc) is 2.40. The van der Waals surface area contributed by atoms with Crippen molar-refractivity contribution in [2.75, 3.05) is 26.4 Å². The van der Waals surface area contributed by atoms with Gasteiger partial charge in [-0.1, -0.05) is 13.8 Å². The lowest BCUT2D eigenvalue weighted by molar-refractivity contribution is -0.150. The number of esters is 1. The van der Waals surface area contributed by atoms with Crippen molar-refractivity contribution in [1.29, 1.82) is 0 Å². The zero-order chi connectivity index (χ0) is 14.6. The summed E-state index contributed by atoms with van der Waals surface area (Å²) in [5, 5.41) is 3.32. The highest BCUT2D eigenvalue weighted by molar-refractivity contribution is 5.80. The zero-order valence-corrected chi connectivity index (χ0v) is 13.1. The fourth-order valence-corrected chi connectivity index (χ4v) is 1.88. The van der Waals surface area contributed by atoms with Gasteiger partial charge in [-0.05, 0) is 52.5 Å². The Balaban J connectivity index is 4.08. The van der Waals surface area contributed by atoms with Crippen LogP contribution in [0.5, 0.6) is 0 Å². The smallest absolute Gasteiger partial charge is 0.326 e. The van der Waals surface area contributed by atoms with Crippen LogP contribution in [0.25, 0.3) is 0 Å². The molecule has 0 saturated heterocycles. The molecule has 0 aliphatic rings. The molecule has 114 valence electrons. The molecule has 0 aromatic carbocycles. The first-order chi connectivity index (χ1) is 9.10. The maximum absolute atomic E-state index is 12.0. The van der Waals surface area contributed by atoms with E-state index in [0.29, 0.717) is 6.61 Å². The van der Waals surface area contributed by atoms with Gasteiger partial charge in [-0.25, -0.2) is 0 Å². The summed E-state index contributed by atoms with van der Waals surface area (Å²) >= 11 is 0. The van der Waals surface area contributed by atoms with Crippen molar-refractivity contribution in [3.63, 3.8) is 0 Å². The Bertz CT molecular complexity index is 233. The first kappa shape index (κ1) is 18.4. The van der Waals surface area contributed by atoms with Crippen LogP contribution >= 0.6 is 0 Å². The van der Waals surface area contributed by atoms with E-state index in [1.165, 1.54) is 0 Å². The Morgan fingerprint density at radius 1 is 1.11 bits per heavy atom. The third-order valence-electron chi connectivity index (χ3n) is 3.06. The Kier molecular flexibility index (Phi) is 10.9. The van der Waals surface area contributed by atoms with Crippen molar-refractivity contribution in [3.8, 4) is 0 Å². The molecular weight excluding hydrogens is 242 g/mol. The molecule has 1 N–H and O–H groups in total. The van der Waals surface area contributed by atoms with E-state index in [1.54, 1.807) is 0 Å². The van der Waals surface area contributed by atoms with E-state index in [-0.39, 0.29) is 5.97 Å². The van der Waals surface area contributed by atoms with Crippen LogP contribution in [0.2, 0.25) is 0 Å². The predicted molar refractivity (Wildman–Crippen MR) is 78.3 cm³/mol. The Morgan fingerprint density at radius 3 is 2.42 bits per heavy atom. The minimum atomic E-state index is -0.559. The molecule has 0 rings (SSSR count). The second kappa shape index (κ2) is 11.2. The molecule has 0 saturated carbocycles. The summed E-state index contributed by atoms with van der Waals surface area (Å²) in [6.45, 7) is 10.8. The number of rotatable bonds is 12. The van der Waals surface area contributed by atoms with Crippen LogP contribution in [0.1, 0.15) is 59.8 Å². The lowest BCUT2D eigenvalue weighted by Crippen LogP contribution is -2.50. The molecule has 4 heteroatoms. The summed E-state index contributed by atoms with van der Waals surface area (Å²) in [4.78, 5) is 12.0. The van der Waals surface area contributed by atoms with Crippen molar-refractivity contribution in [1.82, 2.24) is 5.32 Å². The van der Waals surface area contributed by atoms with Gasteiger partial charge >= 0.3 is 5.97 Å². The molecular formula is C15H31NO3. The summed E-state index contributed by atoms with van der Waals surface area (Å²) in [6.07, 6.45) is 4.81. The highest BCUT2D eigenvalue weighted by Gasteiger charge is 2.33. The molecule has 19 heavy (non-hydrogen) atoms. The number of hydrogen-bond acceptors (Lipinski definition) is 4. The lowest BCUT2D eigenvalue weighted by Gasteiger charge is -2.28. The third-order valence-corrected chi connectivity index (χ3v) is 3.06. The summed E-state index contributed by atoms with van der Waals surface area (Å²) in [5.74, 6) is -0.141. The van der Waals surface area contributed by atoms with Gasteiger partial charge in [0.15, 0.2) is 0 Å². The minimum absolute atomic E-state index is 0.141. The maximum Gasteiger partial charge on any atom is 0.326 e. The van der Waals surface area contributed by atoms with Gasteiger partial charge in [0.25, 0.3) is 0 Å². The second-order valence-corrected chi connectivity index (χ2v) is 5.05. The number of unbranched alkanes of at least 4 members (excludes halogenated alkanes) is 1. The van der Waals surface area contributed by atoms with Gasteiger partial charge in [-0.3, -0.25) is 4.79 Å². The summed E-state index contributed by atoms with van der Waals surface area (Å²) in [6, 6.07) is 0. The molecule has 0 aromatic heterocycles. The van der Waals surface area contributed by atoms with Crippen LogP contribution in [0, 0.1) is 0 Å². The monoisotopic (exact) mass is 273 g/mol. The molecule has 1 atom stereocenters. The number of nitrogens with one attached hydrogen (secondary N) is 1. The summed E-state index contributed by atoms with van der Waals surface area (Å²) < 4.78 is 10.6. The maximum atomic E-state index is 12.0. The van der Waals surface area contributed by atoms with E-state index >= 15 is 0 Å². The van der Waals surface area contributed by atoms with E-state index in [0.717, 1.165) is 51.9 Å². The highest BCUT2D eigenvalue weighted by atomic mass is 16.5. The fraction of sp³-hybridized carbons (Fsp3) is 0.933. The fourth-order valence-electron chi connectivity index (χ4n) is 1.88. The average molecular weight is 273 g/mol. The largest absolute Gasteiger partial charge is 0.465 e. The molecule has 1 unspecified atom stereocenters. The van der Waals surface area contributed by atoms with Gasteiger partial charge < -0.3 is 14.8 Å². The SMILES string of the molecule is CCCNC(C)(CCCCOCCC)C(=O)OCC. The quantitative estimate of drug-likeness (QED) is 0.439. The predicted octanol–water partition coefficient (Wildman–Crippen LogP) is 2.90. The minimum Gasteiger partial charge on any atom is -0.465 e. The molecule has 0 fully saturated rings. The number of carbonyl (C=O) groups excluding carboxylic acids is 1. The summed E-state index contributed by atoms with van der Waals surface area (Å²) in [5.41, 5.74) is -0.559. The van der Waals surface area contributed by atoms with Crippen molar-refractivity contribution in [2.24, 2.45) is 0 Å². The van der Waals surface area contributed by atoms with E-state index in [4.69, 9.17) is 9.47 Å². The summed E-state index contributed by atoms with van der Waals surface area (Å²) in [7, 11) is 0. The van der Waals surface area contributed by atoms with Crippen LogP contribution in [0.15, 0.2) is 0 Å². The van der Waals surface area contributed by atoms with Crippen LogP contribution in [0.4, 0.5) is 0 Å². The Labute approximate surface area is 118 Å². The molecule has 0 heterocycles. The van der Waals surface area contributed by atoms with Crippen molar-refractivity contribution in [2.45, 2.75) is 65.3 Å². The zero-order valence-electron chi connectivity index (χ0n) is 13.1. The van der Waals surface area contributed by atoms with E-state index in [9.17, 15) is 4.79 Å². The molecule has 0 radical (unpaired) electrons. The Morgan fingerprint density at radius 2 is 1.84 bits per heavy atom. The Hall–Kier alpha value is -0.610. The van der Waals surface area contributed by atoms with Gasteiger partial charge in [-0.15, -0.1) is 0 Å². The normalized spacial score (nSPS) is 14.1. The van der Waals surface area contributed by atoms with E-state index in [2.05, 4.69) is 19.2 Å². The molecule has 0 spiro atoms. The van der Waals surface area contributed by atoms with Gasteiger partial charge in [0.05, 0.1) is 6.61 Å². The molecule has 0 aromatic rings. The lowest BCUT2D eigenvalue weighted by atomic mass is 9.94. The molecule has 4 nitrogen and oxygen atoms in total. The van der Waals surface area contributed by atoms with Crippen LogP contribution in [0.3, 0.4) is 0 Å². The van der Waals surface area contributed by atoms with Gasteiger partial charge in [-0.2, -0.15) is 0 Å². The molecule has 0 aliphatic heterocycles. The number of carbonyl (C=O) groups is 1. The molecule has 0 aliphatic carbocycles. The second-order valence-electron chi connectivity index (χ2n) is 5.05. The number of hydrogen-bond donors (Lipinski definition) is 1. The van der Waals surface area contributed by atoms with Gasteiger partial charge in [0.1, 0.15) is 5.54 Å². The highest BCUT2D eigenvalue weighted by Crippen LogP contribution is 2.16. The van der Waals surface area contributed by atoms with Gasteiger partial charge in [0.2, 0.25) is 0 Å². The standard InChI is InChI=1S/C15H31NO3/c1-5-11-16-15(4,14(17)19-7-3)10-8-9-13-18-12-6-2/h16H,5-13H2,1-4H3. The van der Waals surface area contributed by atoms with Crippen molar-refractivity contribution >= 4 is 5.97 Å². The number of ether oxygens (including phenoxy) is 2. The van der Waals surface area contributed by atoms with Crippen LogP contribution < -0.4 is 5.32 Å². The van der Waals surface area contributed by atoms with Crippen LogP contribution in [-0.4, -0.2) is 37.9 Å². The molecule has 0 amide bonds. The van der Waals surface area contributed by atoms with E-state index < -0.39 is 5.54 Å².